The van der Waals surface area contributed by atoms with Gasteiger partial charge in [-0.15, -0.1) is 0 Å². The van der Waals surface area contributed by atoms with E-state index in [0.717, 1.165) is 23.6 Å². The van der Waals surface area contributed by atoms with Gasteiger partial charge in [-0.2, -0.15) is 5.10 Å². The van der Waals surface area contributed by atoms with Gasteiger partial charge >= 0.3 is 0 Å². The second kappa shape index (κ2) is 4.56. The first kappa shape index (κ1) is 10.4. The maximum absolute atomic E-state index is 5.15. The van der Waals surface area contributed by atoms with Gasteiger partial charge in [0, 0.05) is 13.0 Å². The lowest BCUT2D eigenvalue weighted by Gasteiger charge is -2.10. The first-order chi connectivity index (χ1) is 6.19. The molecule has 0 saturated carbocycles. The summed E-state index contributed by atoms with van der Waals surface area (Å²) in [7, 11) is 0. The fourth-order valence-electron chi connectivity index (χ4n) is 1.25. The molecule has 1 N–H and O–H groups in total. The van der Waals surface area contributed by atoms with Gasteiger partial charge in [0.15, 0.2) is 4.77 Å². The highest BCUT2D eigenvalue weighted by Crippen LogP contribution is 2.07. The van der Waals surface area contributed by atoms with E-state index in [4.69, 9.17) is 12.2 Å². The monoisotopic (exact) mass is 199 g/mol. The number of nitrogens with one attached hydrogen (secondary N) is 1. The average molecular weight is 199 g/mol. The number of aromatic amines is 1. The molecule has 1 aromatic heterocycles. The van der Waals surface area contributed by atoms with Crippen LogP contribution in [0.5, 0.6) is 0 Å². The van der Waals surface area contributed by atoms with Gasteiger partial charge in [-0.05, 0) is 18.1 Å². The van der Waals surface area contributed by atoms with E-state index in [-0.39, 0.29) is 0 Å². The molecule has 3 nitrogen and oxygen atoms in total. The molecule has 74 valence electrons. The summed E-state index contributed by atoms with van der Waals surface area (Å²) >= 11 is 5.15. The molecule has 0 bridgehead atoms. The van der Waals surface area contributed by atoms with Gasteiger partial charge in [-0.3, -0.25) is 5.10 Å². The van der Waals surface area contributed by atoms with E-state index in [1.165, 1.54) is 6.42 Å². The Bertz CT molecular complexity index is 313. The Kier molecular flexibility index (Phi) is 3.66. The molecule has 0 aliphatic rings. The van der Waals surface area contributed by atoms with Crippen molar-refractivity contribution in [3.05, 3.63) is 10.6 Å². The normalized spacial score (nSPS) is 13.2. The number of aromatic nitrogens is 3. The Morgan fingerprint density at radius 1 is 1.54 bits per heavy atom. The standard InChI is InChI=1S/C9H17N3S/c1-4-7(3)6-12-8(5-2)10-11-9(12)13/h7H,4-6H2,1-3H3,(H,11,13). The summed E-state index contributed by atoms with van der Waals surface area (Å²) in [4.78, 5) is 0. The lowest BCUT2D eigenvalue weighted by molar-refractivity contribution is 0.455. The molecule has 0 aromatic carbocycles. The van der Waals surface area contributed by atoms with E-state index < -0.39 is 0 Å². The van der Waals surface area contributed by atoms with Crippen LogP contribution in [-0.2, 0) is 13.0 Å². The zero-order valence-electron chi connectivity index (χ0n) is 8.50. The minimum absolute atomic E-state index is 0.662. The van der Waals surface area contributed by atoms with Gasteiger partial charge in [0.1, 0.15) is 5.82 Å². The van der Waals surface area contributed by atoms with E-state index in [9.17, 15) is 0 Å². The van der Waals surface area contributed by atoms with Crippen LogP contribution in [0.2, 0.25) is 0 Å². The van der Waals surface area contributed by atoms with Gasteiger partial charge in [0.25, 0.3) is 0 Å². The molecule has 1 atom stereocenters. The molecule has 0 fully saturated rings. The first-order valence-corrected chi connectivity index (χ1v) is 5.23. The minimum Gasteiger partial charge on any atom is -0.304 e. The van der Waals surface area contributed by atoms with Crippen molar-refractivity contribution in [2.75, 3.05) is 0 Å². The van der Waals surface area contributed by atoms with E-state index in [2.05, 4.69) is 35.5 Å². The molecule has 0 amide bonds. The summed E-state index contributed by atoms with van der Waals surface area (Å²) in [5, 5.41) is 7.00. The molecule has 1 rings (SSSR count). The van der Waals surface area contributed by atoms with Gasteiger partial charge in [-0.25, -0.2) is 0 Å². The summed E-state index contributed by atoms with van der Waals surface area (Å²) in [5.41, 5.74) is 0. The Labute approximate surface area is 84.2 Å². The average Bonchev–Trinajstić information content (AvgIpc) is 2.48. The second-order valence-electron chi connectivity index (χ2n) is 3.42. The molecule has 1 aromatic rings. The van der Waals surface area contributed by atoms with Crippen LogP contribution < -0.4 is 0 Å². The molecule has 1 unspecified atom stereocenters. The van der Waals surface area contributed by atoms with E-state index in [0.29, 0.717) is 5.92 Å². The van der Waals surface area contributed by atoms with Gasteiger partial charge < -0.3 is 4.57 Å². The lowest BCUT2D eigenvalue weighted by atomic mass is 10.1. The molecule has 4 heteroatoms. The fraction of sp³-hybridized carbons (Fsp3) is 0.778. The molecule has 1 heterocycles. The van der Waals surface area contributed by atoms with Crippen molar-refractivity contribution in [3.8, 4) is 0 Å². The van der Waals surface area contributed by atoms with Crippen molar-refractivity contribution in [1.82, 2.24) is 14.8 Å². The SMILES string of the molecule is CCc1n[nH]c(=S)n1CC(C)CC. The number of hydrogen-bond acceptors (Lipinski definition) is 2. The van der Waals surface area contributed by atoms with Crippen LogP contribution in [0.4, 0.5) is 0 Å². The van der Waals surface area contributed by atoms with Crippen LogP contribution in [0.3, 0.4) is 0 Å². The summed E-state index contributed by atoms with van der Waals surface area (Å²) in [6.45, 7) is 7.50. The molecule has 0 aliphatic carbocycles. The van der Waals surface area contributed by atoms with Gasteiger partial charge in [-0.1, -0.05) is 27.2 Å². The largest absolute Gasteiger partial charge is 0.304 e. The van der Waals surface area contributed by atoms with Crippen molar-refractivity contribution < 1.29 is 0 Å². The Hall–Kier alpha value is -0.640. The maximum Gasteiger partial charge on any atom is 0.195 e. The number of H-pyrrole nitrogens is 1. The van der Waals surface area contributed by atoms with Crippen LogP contribution in [0.25, 0.3) is 0 Å². The fourth-order valence-corrected chi connectivity index (χ4v) is 1.47. The van der Waals surface area contributed by atoms with Crippen molar-refractivity contribution in [2.45, 2.75) is 40.2 Å². The third kappa shape index (κ3) is 2.40. The smallest absolute Gasteiger partial charge is 0.195 e. The highest BCUT2D eigenvalue weighted by molar-refractivity contribution is 7.71. The maximum atomic E-state index is 5.15. The third-order valence-corrected chi connectivity index (χ3v) is 2.66. The summed E-state index contributed by atoms with van der Waals surface area (Å²) in [6, 6.07) is 0. The topological polar surface area (TPSA) is 33.6 Å². The highest BCUT2D eigenvalue weighted by atomic mass is 32.1. The Morgan fingerprint density at radius 3 is 2.77 bits per heavy atom. The predicted molar refractivity (Wildman–Crippen MR) is 56.2 cm³/mol. The molecular formula is C9H17N3S. The van der Waals surface area contributed by atoms with Crippen LogP contribution in [0.1, 0.15) is 33.0 Å². The molecule has 0 spiro atoms. The summed E-state index contributed by atoms with van der Waals surface area (Å²) < 4.78 is 2.85. The minimum atomic E-state index is 0.662. The number of aryl methyl sites for hydroxylation is 1. The zero-order valence-corrected chi connectivity index (χ0v) is 9.32. The van der Waals surface area contributed by atoms with Crippen LogP contribution in [0, 0.1) is 10.7 Å². The van der Waals surface area contributed by atoms with Crippen LogP contribution in [0.15, 0.2) is 0 Å². The Balaban J connectivity index is 2.85. The third-order valence-electron chi connectivity index (χ3n) is 2.34. The van der Waals surface area contributed by atoms with Crippen molar-refractivity contribution in [1.29, 1.82) is 0 Å². The molecule has 0 radical (unpaired) electrons. The molecule has 0 saturated heterocycles. The van der Waals surface area contributed by atoms with Crippen LogP contribution >= 0.6 is 12.2 Å². The first-order valence-electron chi connectivity index (χ1n) is 4.83. The van der Waals surface area contributed by atoms with E-state index >= 15 is 0 Å². The number of hydrogen-bond donors (Lipinski definition) is 1. The van der Waals surface area contributed by atoms with E-state index in [1.807, 2.05) is 0 Å². The number of nitrogens with zero attached hydrogens (tertiary/aromatic N) is 2. The van der Waals surface area contributed by atoms with Gasteiger partial charge in [0.2, 0.25) is 0 Å². The van der Waals surface area contributed by atoms with Crippen molar-refractivity contribution in [2.24, 2.45) is 5.92 Å². The van der Waals surface area contributed by atoms with Gasteiger partial charge in [0.05, 0.1) is 0 Å². The Morgan fingerprint density at radius 2 is 2.23 bits per heavy atom. The predicted octanol–water partition coefficient (Wildman–Crippen LogP) is 2.55. The molecule has 0 aliphatic heterocycles. The van der Waals surface area contributed by atoms with E-state index in [1.54, 1.807) is 0 Å². The summed E-state index contributed by atoms with van der Waals surface area (Å²) in [6.07, 6.45) is 2.11. The highest BCUT2D eigenvalue weighted by Gasteiger charge is 2.06. The summed E-state index contributed by atoms with van der Waals surface area (Å²) in [5.74, 6) is 1.72. The molecule has 13 heavy (non-hydrogen) atoms. The zero-order chi connectivity index (χ0) is 9.84. The quantitative estimate of drug-likeness (QED) is 0.756. The lowest BCUT2D eigenvalue weighted by Crippen LogP contribution is -2.09. The van der Waals surface area contributed by atoms with Crippen molar-refractivity contribution >= 4 is 12.2 Å². The van der Waals surface area contributed by atoms with Crippen LogP contribution in [-0.4, -0.2) is 14.8 Å². The number of rotatable bonds is 4. The second-order valence-corrected chi connectivity index (χ2v) is 3.81. The van der Waals surface area contributed by atoms with Crippen molar-refractivity contribution in [3.63, 3.8) is 0 Å². The molecular weight excluding hydrogens is 182 g/mol.